The third-order valence-electron chi connectivity index (χ3n) is 3.83. The van der Waals surface area contributed by atoms with E-state index in [2.05, 4.69) is 9.46 Å². The van der Waals surface area contributed by atoms with Crippen LogP contribution in [0.5, 0.6) is 11.5 Å². The van der Waals surface area contributed by atoms with Crippen molar-refractivity contribution in [2.45, 2.75) is 11.1 Å². The first-order chi connectivity index (χ1) is 14.0. The number of rotatable bonds is 7. The molecule has 0 aliphatic carbocycles. The van der Waals surface area contributed by atoms with Gasteiger partial charge in [0, 0.05) is 11.8 Å². The Bertz CT molecular complexity index is 1050. The molecule has 0 atom stereocenters. The number of esters is 1. The highest BCUT2D eigenvalue weighted by atomic mass is 32.2. The third-order valence-corrected chi connectivity index (χ3v) is 5.22. The molecule has 0 radical (unpaired) electrons. The standard InChI is InChI=1S/C19H18F3NO6S/c1-27-15-10-12(4-9-17(24)28-2)11-16(18(15)29-3)30(25,26)23-14-7-5-13(6-8-14)19(20,21)22/h4-11,23H,1-3H3/b9-4+. The first kappa shape index (κ1) is 23.1. The normalized spacial score (nSPS) is 11.9. The van der Waals surface area contributed by atoms with Gasteiger partial charge in [0.1, 0.15) is 4.90 Å². The molecular weight excluding hydrogens is 427 g/mol. The minimum atomic E-state index is -4.55. The van der Waals surface area contributed by atoms with Gasteiger partial charge in [-0.2, -0.15) is 13.2 Å². The Labute approximate surface area is 171 Å². The molecule has 0 aromatic heterocycles. The van der Waals surface area contributed by atoms with Crippen LogP contribution in [0.4, 0.5) is 18.9 Å². The van der Waals surface area contributed by atoms with Gasteiger partial charge in [-0.05, 0) is 48.0 Å². The van der Waals surface area contributed by atoms with Crippen LogP contribution in [0.2, 0.25) is 0 Å². The molecule has 1 N–H and O–H groups in total. The summed E-state index contributed by atoms with van der Waals surface area (Å²) < 4.78 is 80.9. The monoisotopic (exact) mass is 445 g/mol. The third kappa shape index (κ3) is 5.44. The second-order valence-electron chi connectivity index (χ2n) is 5.79. The molecule has 0 saturated heterocycles. The lowest BCUT2D eigenvalue weighted by Gasteiger charge is -2.16. The highest BCUT2D eigenvalue weighted by molar-refractivity contribution is 7.92. The Morgan fingerprint density at radius 1 is 1.03 bits per heavy atom. The minimum Gasteiger partial charge on any atom is -0.493 e. The van der Waals surface area contributed by atoms with Gasteiger partial charge in [-0.15, -0.1) is 0 Å². The Morgan fingerprint density at radius 2 is 1.67 bits per heavy atom. The fourth-order valence-corrected chi connectivity index (χ4v) is 3.69. The second kappa shape index (κ2) is 9.08. The zero-order valence-electron chi connectivity index (χ0n) is 16.1. The molecule has 0 saturated carbocycles. The molecular formula is C19H18F3NO6S. The lowest BCUT2D eigenvalue weighted by molar-refractivity contribution is -0.137. The number of alkyl halides is 3. The molecule has 0 fully saturated rings. The average molecular weight is 445 g/mol. The van der Waals surface area contributed by atoms with E-state index in [4.69, 9.17) is 9.47 Å². The summed E-state index contributed by atoms with van der Waals surface area (Å²) in [5, 5.41) is 0. The maximum Gasteiger partial charge on any atom is 0.416 e. The number of anilines is 1. The summed E-state index contributed by atoms with van der Waals surface area (Å²) >= 11 is 0. The molecule has 11 heteroatoms. The van der Waals surface area contributed by atoms with Crippen molar-refractivity contribution in [3.05, 3.63) is 53.6 Å². The smallest absolute Gasteiger partial charge is 0.416 e. The summed E-state index contributed by atoms with van der Waals surface area (Å²) in [5.41, 5.74) is -0.718. The van der Waals surface area contributed by atoms with Gasteiger partial charge in [-0.25, -0.2) is 13.2 Å². The number of ether oxygens (including phenoxy) is 3. The van der Waals surface area contributed by atoms with Crippen LogP contribution >= 0.6 is 0 Å². The van der Waals surface area contributed by atoms with E-state index in [0.29, 0.717) is 0 Å². The number of sulfonamides is 1. The van der Waals surface area contributed by atoms with E-state index < -0.39 is 27.7 Å². The highest BCUT2D eigenvalue weighted by Gasteiger charge is 2.30. The fraction of sp³-hybridized carbons (Fsp3) is 0.211. The predicted molar refractivity (Wildman–Crippen MR) is 103 cm³/mol. The minimum absolute atomic E-state index is 0.0670. The summed E-state index contributed by atoms with van der Waals surface area (Å²) in [6.45, 7) is 0. The number of carbonyl (C=O) groups is 1. The molecule has 2 aromatic rings. The molecule has 0 bridgehead atoms. The summed E-state index contributed by atoms with van der Waals surface area (Å²) in [4.78, 5) is 11.0. The summed E-state index contributed by atoms with van der Waals surface area (Å²) in [5.74, 6) is -0.707. The number of methoxy groups -OCH3 is 3. The number of nitrogens with one attached hydrogen (secondary N) is 1. The number of benzene rings is 2. The van der Waals surface area contributed by atoms with Gasteiger partial charge in [0.15, 0.2) is 11.5 Å². The molecule has 0 aliphatic heterocycles. The van der Waals surface area contributed by atoms with Crippen LogP contribution in [-0.4, -0.2) is 35.7 Å². The van der Waals surface area contributed by atoms with E-state index in [1.54, 1.807) is 0 Å². The predicted octanol–water partition coefficient (Wildman–Crippen LogP) is 3.71. The Morgan fingerprint density at radius 3 is 2.17 bits per heavy atom. The van der Waals surface area contributed by atoms with Gasteiger partial charge in [0.05, 0.1) is 26.9 Å². The first-order valence-electron chi connectivity index (χ1n) is 8.24. The molecule has 162 valence electrons. The van der Waals surface area contributed by atoms with Crippen LogP contribution in [0.15, 0.2) is 47.4 Å². The highest BCUT2D eigenvalue weighted by Crippen LogP contribution is 2.37. The largest absolute Gasteiger partial charge is 0.493 e. The summed E-state index contributed by atoms with van der Waals surface area (Å²) in [6, 6.07) is 6.15. The molecule has 0 spiro atoms. The van der Waals surface area contributed by atoms with E-state index >= 15 is 0 Å². The van der Waals surface area contributed by atoms with Gasteiger partial charge in [-0.3, -0.25) is 4.72 Å². The van der Waals surface area contributed by atoms with Gasteiger partial charge in [0.25, 0.3) is 10.0 Å². The number of carbonyl (C=O) groups excluding carboxylic acids is 1. The van der Waals surface area contributed by atoms with Crippen molar-refractivity contribution < 1.29 is 40.6 Å². The zero-order valence-corrected chi connectivity index (χ0v) is 16.9. The maximum absolute atomic E-state index is 12.9. The first-order valence-corrected chi connectivity index (χ1v) is 9.72. The van der Waals surface area contributed by atoms with E-state index in [1.165, 1.54) is 39.5 Å². The quantitative estimate of drug-likeness (QED) is 0.516. The second-order valence-corrected chi connectivity index (χ2v) is 7.44. The van der Waals surface area contributed by atoms with Gasteiger partial charge < -0.3 is 14.2 Å². The van der Waals surface area contributed by atoms with Crippen LogP contribution in [-0.2, 0) is 25.7 Å². The van der Waals surface area contributed by atoms with E-state index in [9.17, 15) is 26.4 Å². The lowest BCUT2D eigenvalue weighted by Crippen LogP contribution is -2.15. The van der Waals surface area contributed by atoms with Gasteiger partial charge in [0.2, 0.25) is 0 Å². The van der Waals surface area contributed by atoms with Crippen LogP contribution in [0, 0.1) is 0 Å². The van der Waals surface area contributed by atoms with Crippen LogP contribution in [0.1, 0.15) is 11.1 Å². The van der Waals surface area contributed by atoms with Crippen LogP contribution < -0.4 is 14.2 Å². The topological polar surface area (TPSA) is 90.9 Å². The van der Waals surface area contributed by atoms with E-state index in [1.807, 2.05) is 0 Å². The van der Waals surface area contributed by atoms with E-state index in [0.717, 1.165) is 30.3 Å². The summed E-state index contributed by atoms with van der Waals surface area (Å²) in [7, 11) is -0.572. The van der Waals surface area contributed by atoms with Crippen molar-refractivity contribution >= 4 is 27.8 Å². The van der Waals surface area contributed by atoms with Crippen molar-refractivity contribution in [3.8, 4) is 11.5 Å². The Hall–Kier alpha value is -3.21. The molecule has 2 aromatic carbocycles. The van der Waals surface area contributed by atoms with Crippen LogP contribution in [0.25, 0.3) is 6.08 Å². The molecule has 30 heavy (non-hydrogen) atoms. The maximum atomic E-state index is 12.9. The Balaban J connectivity index is 2.48. The molecule has 0 amide bonds. The average Bonchev–Trinajstić information content (AvgIpc) is 2.70. The fourth-order valence-electron chi connectivity index (χ4n) is 2.42. The number of hydrogen-bond donors (Lipinski definition) is 1. The molecule has 0 aliphatic rings. The zero-order chi connectivity index (χ0) is 22.5. The van der Waals surface area contributed by atoms with Crippen molar-refractivity contribution in [1.82, 2.24) is 0 Å². The molecule has 0 unspecified atom stereocenters. The SMILES string of the molecule is COC(=O)/C=C/c1cc(OC)c(OC)c(S(=O)(=O)Nc2ccc(C(F)(F)F)cc2)c1. The van der Waals surface area contributed by atoms with Crippen molar-refractivity contribution in [3.63, 3.8) is 0 Å². The Kier molecular flexibility index (Phi) is 6.98. The molecule has 2 rings (SSSR count). The lowest BCUT2D eigenvalue weighted by atomic mass is 10.2. The molecule has 0 heterocycles. The number of halogens is 3. The van der Waals surface area contributed by atoms with Gasteiger partial charge in [-0.1, -0.05) is 0 Å². The number of hydrogen-bond acceptors (Lipinski definition) is 6. The summed E-state index contributed by atoms with van der Waals surface area (Å²) in [6.07, 6.45) is -2.15. The van der Waals surface area contributed by atoms with Gasteiger partial charge >= 0.3 is 12.1 Å². The van der Waals surface area contributed by atoms with Crippen molar-refractivity contribution in [2.75, 3.05) is 26.1 Å². The van der Waals surface area contributed by atoms with Crippen LogP contribution in [0.3, 0.4) is 0 Å². The van der Waals surface area contributed by atoms with Crippen molar-refractivity contribution in [1.29, 1.82) is 0 Å². The van der Waals surface area contributed by atoms with E-state index in [-0.39, 0.29) is 27.6 Å². The molecule has 7 nitrogen and oxygen atoms in total. The van der Waals surface area contributed by atoms with Crippen molar-refractivity contribution in [2.24, 2.45) is 0 Å².